The molecule has 0 saturated carbocycles. The van der Waals surface area contributed by atoms with Crippen LogP contribution in [0, 0.1) is 0 Å². The summed E-state index contributed by atoms with van der Waals surface area (Å²) >= 11 is 0. The number of unbranched alkanes of at least 4 members (excludes halogenated alkanes) is 34. The highest BCUT2D eigenvalue weighted by Crippen LogP contribution is 2.18. The summed E-state index contributed by atoms with van der Waals surface area (Å²) in [6.45, 7) is 6.38. The molecule has 1 unspecified atom stereocenters. The van der Waals surface area contributed by atoms with E-state index in [-0.39, 0.29) is 37.5 Å². The second-order valence-electron chi connectivity index (χ2n) is 22.3. The van der Waals surface area contributed by atoms with Crippen LogP contribution in [-0.4, -0.2) is 37.2 Å². The Balaban J connectivity index is 4.29. The Morgan fingerprint density at radius 1 is 0.266 bits per heavy atom. The van der Waals surface area contributed by atoms with Gasteiger partial charge in [-0.1, -0.05) is 323 Å². The van der Waals surface area contributed by atoms with Crippen molar-refractivity contribution >= 4 is 17.9 Å². The number of allylic oxidation sites excluding steroid dienone is 16. The van der Waals surface area contributed by atoms with Crippen molar-refractivity contribution in [3.8, 4) is 0 Å². The maximum Gasteiger partial charge on any atom is 0.306 e. The molecule has 6 heteroatoms. The van der Waals surface area contributed by atoms with Crippen molar-refractivity contribution in [2.75, 3.05) is 13.2 Å². The Morgan fingerprint density at radius 3 is 0.848 bits per heavy atom. The second kappa shape index (κ2) is 66.8. The first-order chi connectivity index (χ1) is 39.0. The van der Waals surface area contributed by atoms with E-state index in [4.69, 9.17) is 14.2 Å². The first-order valence-corrected chi connectivity index (χ1v) is 33.7. The van der Waals surface area contributed by atoms with Crippen LogP contribution in [0.5, 0.6) is 0 Å². The van der Waals surface area contributed by atoms with E-state index < -0.39 is 6.10 Å². The van der Waals surface area contributed by atoms with Crippen LogP contribution < -0.4 is 0 Å². The number of rotatable bonds is 61. The number of carbonyl (C=O) groups is 3. The Kier molecular flexibility index (Phi) is 63.7. The molecule has 0 aliphatic carbocycles. The van der Waals surface area contributed by atoms with Gasteiger partial charge in [0, 0.05) is 19.3 Å². The zero-order valence-corrected chi connectivity index (χ0v) is 52.1. The predicted octanol–water partition coefficient (Wildman–Crippen LogP) is 23.2. The molecule has 0 aromatic rings. The molecule has 0 heterocycles. The van der Waals surface area contributed by atoms with E-state index in [9.17, 15) is 14.4 Å². The zero-order chi connectivity index (χ0) is 57.1. The summed E-state index contributed by atoms with van der Waals surface area (Å²) in [6, 6.07) is 0. The fourth-order valence-electron chi connectivity index (χ4n) is 9.63. The van der Waals surface area contributed by atoms with Gasteiger partial charge in [-0.3, -0.25) is 14.4 Å². The SMILES string of the molecule is CC/C=C\C/C=C\C/C=C\C/C=C\CCCCCCCCCCC(=O)OC(COC(=O)CC/C=C\C/C=C\C/C=C\C/C=C\CC)COC(=O)CCCCCCCCCCCCCCCCCCCCCCCCCCCCC. The Bertz CT molecular complexity index is 1540. The number of hydrogen-bond donors (Lipinski definition) is 0. The maximum absolute atomic E-state index is 12.9. The lowest BCUT2D eigenvalue weighted by Gasteiger charge is -2.18. The topological polar surface area (TPSA) is 78.9 Å². The third-order valence-corrected chi connectivity index (χ3v) is 14.6. The van der Waals surface area contributed by atoms with E-state index in [2.05, 4.69) is 112 Å². The Labute approximate surface area is 489 Å². The van der Waals surface area contributed by atoms with Crippen LogP contribution in [-0.2, 0) is 28.6 Å². The summed E-state index contributed by atoms with van der Waals surface area (Å²) < 4.78 is 16.9. The molecule has 0 aliphatic heterocycles. The van der Waals surface area contributed by atoms with E-state index >= 15 is 0 Å². The van der Waals surface area contributed by atoms with E-state index in [0.717, 1.165) is 96.3 Å². The minimum atomic E-state index is -0.812. The summed E-state index contributed by atoms with van der Waals surface area (Å²) in [5.41, 5.74) is 0. The lowest BCUT2D eigenvalue weighted by atomic mass is 10.0. The van der Waals surface area contributed by atoms with Crippen molar-refractivity contribution < 1.29 is 28.6 Å². The van der Waals surface area contributed by atoms with Crippen LogP contribution >= 0.6 is 0 Å². The van der Waals surface area contributed by atoms with Gasteiger partial charge in [-0.25, -0.2) is 0 Å². The summed E-state index contributed by atoms with van der Waals surface area (Å²) in [6.07, 6.45) is 90.3. The Hall–Kier alpha value is -3.67. The molecule has 0 radical (unpaired) electrons. The number of carbonyl (C=O) groups excluding carboxylic acids is 3. The maximum atomic E-state index is 12.9. The minimum absolute atomic E-state index is 0.101. The van der Waals surface area contributed by atoms with E-state index in [1.54, 1.807) is 0 Å². The molecule has 0 aromatic carbocycles. The highest BCUT2D eigenvalue weighted by Gasteiger charge is 2.19. The van der Waals surface area contributed by atoms with Crippen molar-refractivity contribution in [2.45, 2.75) is 335 Å². The molecular weight excluding hydrogens is 973 g/mol. The fourth-order valence-corrected chi connectivity index (χ4v) is 9.63. The van der Waals surface area contributed by atoms with Gasteiger partial charge in [0.1, 0.15) is 13.2 Å². The third-order valence-electron chi connectivity index (χ3n) is 14.6. The summed E-state index contributed by atoms with van der Waals surface area (Å²) in [4.78, 5) is 38.3. The van der Waals surface area contributed by atoms with Crippen molar-refractivity contribution in [3.05, 3.63) is 97.2 Å². The van der Waals surface area contributed by atoms with Crippen LogP contribution in [0.4, 0.5) is 0 Å². The molecule has 0 aliphatic rings. The van der Waals surface area contributed by atoms with Gasteiger partial charge in [-0.15, -0.1) is 0 Å². The number of esters is 3. The van der Waals surface area contributed by atoms with Gasteiger partial charge in [0.15, 0.2) is 6.10 Å². The number of ether oxygens (including phenoxy) is 3. The molecular formula is C73H126O6. The van der Waals surface area contributed by atoms with Crippen LogP contribution in [0.25, 0.3) is 0 Å². The predicted molar refractivity (Wildman–Crippen MR) is 344 cm³/mol. The average Bonchev–Trinajstić information content (AvgIpc) is 3.45. The average molecular weight is 1100 g/mol. The monoisotopic (exact) mass is 1100 g/mol. The van der Waals surface area contributed by atoms with E-state index in [0.29, 0.717) is 19.3 Å². The standard InChI is InChI=1S/C73H126O6/c1-4-7-10-13-16-19-22-25-27-29-31-33-34-35-36-37-38-40-41-43-45-48-51-54-57-60-63-66-72(75)78-69-70(68-77-71(74)65-62-59-56-53-50-47-24-21-18-15-12-9-6-3)79-73(76)67-64-61-58-55-52-49-46-44-42-39-32-30-28-26-23-20-17-14-11-8-5-2/h8-9,11-12,17-18,20-21,26,28,32,39,47,50,56,59,70H,4-7,10,13-16,19,22-25,27,29-31,33-38,40-46,48-49,51-55,57-58,60-69H2,1-3H3/b11-8-,12-9-,20-17-,21-18-,28-26-,39-32-,50-47-,59-56-. The summed E-state index contributed by atoms with van der Waals surface area (Å²) in [5.74, 6) is -0.982. The zero-order valence-electron chi connectivity index (χ0n) is 52.1. The van der Waals surface area contributed by atoms with Gasteiger partial charge in [0.25, 0.3) is 0 Å². The van der Waals surface area contributed by atoms with Gasteiger partial charge in [-0.2, -0.15) is 0 Å². The lowest BCUT2D eigenvalue weighted by Crippen LogP contribution is -2.30. The lowest BCUT2D eigenvalue weighted by molar-refractivity contribution is -0.166. The quantitative estimate of drug-likeness (QED) is 0.0261. The van der Waals surface area contributed by atoms with Crippen molar-refractivity contribution in [3.63, 3.8) is 0 Å². The Morgan fingerprint density at radius 2 is 0.519 bits per heavy atom. The van der Waals surface area contributed by atoms with Gasteiger partial charge in [0.05, 0.1) is 0 Å². The van der Waals surface area contributed by atoms with E-state index in [1.165, 1.54) is 186 Å². The van der Waals surface area contributed by atoms with Crippen LogP contribution in [0.2, 0.25) is 0 Å². The molecule has 0 bridgehead atoms. The first kappa shape index (κ1) is 75.3. The minimum Gasteiger partial charge on any atom is -0.462 e. The third kappa shape index (κ3) is 65.0. The molecule has 0 spiro atoms. The van der Waals surface area contributed by atoms with E-state index in [1.807, 2.05) is 6.08 Å². The molecule has 6 nitrogen and oxygen atoms in total. The molecule has 0 aromatic heterocycles. The molecule has 1 atom stereocenters. The van der Waals surface area contributed by atoms with Crippen molar-refractivity contribution in [1.29, 1.82) is 0 Å². The molecule has 0 rings (SSSR count). The molecule has 0 N–H and O–H groups in total. The highest BCUT2D eigenvalue weighted by molar-refractivity contribution is 5.71. The van der Waals surface area contributed by atoms with Crippen molar-refractivity contribution in [2.24, 2.45) is 0 Å². The smallest absolute Gasteiger partial charge is 0.306 e. The van der Waals surface area contributed by atoms with Crippen LogP contribution in [0.3, 0.4) is 0 Å². The molecule has 79 heavy (non-hydrogen) atoms. The highest BCUT2D eigenvalue weighted by atomic mass is 16.6. The summed E-state index contributed by atoms with van der Waals surface area (Å²) in [7, 11) is 0. The van der Waals surface area contributed by atoms with Gasteiger partial charge in [-0.05, 0) is 83.5 Å². The van der Waals surface area contributed by atoms with Gasteiger partial charge >= 0.3 is 17.9 Å². The largest absolute Gasteiger partial charge is 0.462 e. The van der Waals surface area contributed by atoms with Crippen LogP contribution in [0.15, 0.2) is 97.2 Å². The van der Waals surface area contributed by atoms with Gasteiger partial charge < -0.3 is 14.2 Å². The van der Waals surface area contributed by atoms with Crippen molar-refractivity contribution in [1.82, 2.24) is 0 Å². The molecule has 0 amide bonds. The van der Waals surface area contributed by atoms with Crippen LogP contribution in [0.1, 0.15) is 329 Å². The number of hydrogen-bond acceptors (Lipinski definition) is 6. The second-order valence-corrected chi connectivity index (χ2v) is 22.3. The molecule has 0 fully saturated rings. The normalized spacial score (nSPS) is 12.7. The first-order valence-electron chi connectivity index (χ1n) is 33.7. The fraction of sp³-hybridized carbons (Fsp3) is 0.740. The van der Waals surface area contributed by atoms with Gasteiger partial charge in [0.2, 0.25) is 0 Å². The molecule has 454 valence electrons. The summed E-state index contributed by atoms with van der Waals surface area (Å²) in [5, 5.41) is 0. The molecule has 0 saturated heterocycles.